The van der Waals surface area contributed by atoms with Gasteiger partial charge in [0.2, 0.25) is 0 Å². The van der Waals surface area contributed by atoms with Crippen molar-refractivity contribution in [3.05, 3.63) is 0 Å². The standard InChI is InChI=1S/C18H36N4O11/c19-2-6-10(25)12(27)13(28)18(30-6)33-16-5(21)1-4(20)15(14(16)29)32-17-11(26)8(22)9(24)7(3-23)31-17/h4-18,23-29H,1-3,19-22H2/t4-,5-,6+,7-,8+,9-,10-,11-,12-,13+,14+,15+,16-,17-,18+/m1/s1. The minimum absolute atomic E-state index is 0.0849. The van der Waals surface area contributed by atoms with Gasteiger partial charge in [-0.15, -0.1) is 0 Å². The Labute approximate surface area is 189 Å². The molecule has 15 atom stereocenters. The Hall–Kier alpha value is -0.600. The van der Waals surface area contributed by atoms with Gasteiger partial charge in [0.15, 0.2) is 12.6 Å². The van der Waals surface area contributed by atoms with Gasteiger partial charge in [-0.2, -0.15) is 0 Å². The Morgan fingerprint density at radius 1 is 0.667 bits per heavy atom. The van der Waals surface area contributed by atoms with Gasteiger partial charge in [0.1, 0.15) is 61.0 Å². The second-order valence-electron chi connectivity index (χ2n) is 8.79. The molecule has 0 amide bonds. The van der Waals surface area contributed by atoms with Gasteiger partial charge in [-0.05, 0) is 6.42 Å². The zero-order valence-corrected chi connectivity index (χ0v) is 17.9. The van der Waals surface area contributed by atoms with E-state index >= 15 is 0 Å². The third-order valence-corrected chi connectivity index (χ3v) is 6.48. The third-order valence-electron chi connectivity index (χ3n) is 6.48. The summed E-state index contributed by atoms with van der Waals surface area (Å²) in [6.07, 6.45) is -16.5. The minimum Gasteiger partial charge on any atom is -0.394 e. The van der Waals surface area contributed by atoms with E-state index in [1.807, 2.05) is 0 Å². The number of ether oxygens (including phenoxy) is 4. The van der Waals surface area contributed by atoms with Gasteiger partial charge in [-0.1, -0.05) is 0 Å². The van der Waals surface area contributed by atoms with Crippen LogP contribution in [0, 0.1) is 0 Å². The molecule has 2 saturated heterocycles. The van der Waals surface area contributed by atoms with E-state index in [0.717, 1.165) is 0 Å². The van der Waals surface area contributed by atoms with Crippen molar-refractivity contribution in [2.45, 2.75) is 98.2 Å². The quantitative estimate of drug-likeness (QED) is 0.167. The maximum atomic E-state index is 10.9. The summed E-state index contributed by atoms with van der Waals surface area (Å²) >= 11 is 0. The fourth-order valence-corrected chi connectivity index (χ4v) is 4.40. The summed E-state index contributed by atoms with van der Waals surface area (Å²) in [7, 11) is 0. The summed E-state index contributed by atoms with van der Waals surface area (Å²) in [5.74, 6) is 0. The van der Waals surface area contributed by atoms with Crippen LogP contribution in [0.4, 0.5) is 0 Å². The number of nitrogens with two attached hydrogens (primary N) is 4. The Morgan fingerprint density at radius 3 is 1.70 bits per heavy atom. The summed E-state index contributed by atoms with van der Waals surface area (Å²) in [6, 6.07) is -2.86. The van der Waals surface area contributed by atoms with Crippen molar-refractivity contribution in [1.82, 2.24) is 0 Å². The van der Waals surface area contributed by atoms with Gasteiger partial charge in [0, 0.05) is 18.6 Å². The van der Waals surface area contributed by atoms with Gasteiger partial charge < -0.3 is 77.6 Å². The summed E-state index contributed by atoms with van der Waals surface area (Å²) in [5, 5.41) is 70.9. The van der Waals surface area contributed by atoms with Gasteiger partial charge in [-0.3, -0.25) is 0 Å². The summed E-state index contributed by atoms with van der Waals surface area (Å²) in [4.78, 5) is 0. The Morgan fingerprint density at radius 2 is 1.18 bits per heavy atom. The summed E-state index contributed by atoms with van der Waals surface area (Å²) in [6.45, 7) is -0.763. The normalized spacial score (nSPS) is 53.7. The summed E-state index contributed by atoms with van der Waals surface area (Å²) < 4.78 is 22.2. The van der Waals surface area contributed by atoms with Crippen molar-refractivity contribution in [2.24, 2.45) is 22.9 Å². The predicted octanol–water partition coefficient (Wildman–Crippen LogP) is -7.29. The zero-order valence-electron chi connectivity index (χ0n) is 17.9. The van der Waals surface area contributed by atoms with E-state index in [4.69, 9.17) is 41.9 Å². The highest BCUT2D eigenvalue weighted by Crippen LogP contribution is 2.31. The molecule has 0 aromatic carbocycles. The van der Waals surface area contributed by atoms with Crippen LogP contribution in [-0.2, 0) is 18.9 Å². The van der Waals surface area contributed by atoms with Crippen molar-refractivity contribution in [3.8, 4) is 0 Å². The first kappa shape index (κ1) is 27.0. The minimum atomic E-state index is -1.66. The Balaban J connectivity index is 1.72. The molecule has 0 unspecified atom stereocenters. The average molecular weight is 485 g/mol. The van der Waals surface area contributed by atoms with Crippen molar-refractivity contribution in [3.63, 3.8) is 0 Å². The van der Waals surface area contributed by atoms with Gasteiger partial charge in [0.25, 0.3) is 0 Å². The first-order valence-corrected chi connectivity index (χ1v) is 10.8. The number of aliphatic hydroxyl groups excluding tert-OH is 7. The first-order valence-electron chi connectivity index (χ1n) is 10.8. The molecular formula is C18H36N4O11. The molecular weight excluding hydrogens is 448 g/mol. The molecule has 2 heterocycles. The average Bonchev–Trinajstić information content (AvgIpc) is 2.79. The Kier molecular flexibility index (Phi) is 8.99. The lowest BCUT2D eigenvalue weighted by Gasteiger charge is -2.48. The SMILES string of the molecule is NC[C@@H]1O[C@@H](O[C@H]2[C@@H](O)[C@@H](O[C@H]3O[C@H](CO)[C@@H](O)[C@H](N)[C@H]3O)[C@H](N)C[C@H]2N)[C@@H](O)[C@H](O)[C@@H]1O. The molecule has 0 aromatic rings. The highest BCUT2D eigenvalue weighted by atomic mass is 16.7. The highest BCUT2D eigenvalue weighted by Gasteiger charge is 2.51. The molecule has 0 spiro atoms. The lowest BCUT2D eigenvalue weighted by atomic mass is 9.84. The maximum absolute atomic E-state index is 10.9. The van der Waals surface area contributed by atoms with Crippen LogP contribution in [0.5, 0.6) is 0 Å². The molecule has 2 aliphatic heterocycles. The molecule has 15 N–H and O–H groups in total. The van der Waals surface area contributed by atoms with Crippen LogP contribution in [0.2, 0.25) is 0 Å². The summed E-state index contributed by atoms with van der Waals surface area (Å²) in [5.41, 5.74) is 23.5. The molecule has 1 aliphatic carbocycles. The van der Waals surface area contributed by atoms with Crippen LogP contribution in [-0.4, -0.2) is 141 Å². The van der Waals surface area contributed by atoms with E-state index < -0.39 is 98.4 Å². The van der Waals surface area contributed by atoms with Crippen LogP contribution in [0.3, 0.4) is 0 Å². The monoisotopic (exact) mass is 484 g/mol. The number of hydrogen-bond acceptors (Lipinski definition) is 15. The third kappa shape index (κ3) is 5.32. The van der Waals surface area contributed by atoms with Gasteiger partial charge in [-0.25, -0.2) is 0 Å². The zero-order chi connectivity index (χ0) is 24.6. The van der Waals surface area contributed by atoms with Crippen LogP contribution in [0.25, 0.3) is 0 Å². The van der Waals surface area contributed by atoms with Crippen LogP contribution in [0.15, 0.2) is 0 Å². The van der Waals surface area contributed by atoms with E-state index in [2.05, 4.69) is 0 Å². The highest BCUT2D eigenvalue weighted by molar-refractivity contribution is 5.01. The van der Waals surface area contributed by atoms with Crippen molar-refractivity contribution in [1.29, 1.82) is 0 Å². The van der Waals surface area contributed by atoms with Gasteiger partial charge in [0.05, 0.1) is 12.6 Å². The molecule has 3 fully saturated rings. The molecule has 0 bridgehead atoms. The number of rotatable bonds is 6. The van der Waals surface area contributed by atoms with E-state index in [0.29, 0.717) is 0 Å². The maximum Gasteiger partial charge on any atom is 0.187 e. The second-order valence-corrected chi connectivity index (χ2v) is 8.79. The lowest BCUT2D eigenvalue weighted by molar-refractivity contribution is -0.332. The van der Waals surface area contributed by atoms with Crippen molar-refractivity contribution in [2.75, 3.05) is 13.2 Å². The van der Waals surface area contributed by atoms with Crippen LogP contribution < -0.4 is 22.9 Å². The first-order chi connectivity index (χ1) is 15.5. The lowest BCUT2D eigenvalue weighted by Crippen LogP contribution is -2.68. The molecule has 0 aromatic heterocycles. The number of aliphatic hydroxyl groups is 7. The fourth-order valence-electron chi connectivity index (χ4n) is 4.40. The molecule has 3 aliphatic rings. The van der Waals surface area contributed by atoms with E-state index in [1.54, 1.807) is 0 Å². The predicted molar refractivity (Wildman–Crippen MR) is 108 cm³/mol. The largest absolute Gasteiger partial charge is 0.394 e. The molecule has 0 radical (unpaired) electrons. The van der Waals surface area contributed by atoms with Crippen molar-refractivity contribution >= 4 is 0 Å². The van der Waals surface area contributed by atoms with E-state index in [9.17, 15) is 35.7 Å². The molecule has 15 heteroatoms. The van der Waals surface area contributed by atoms with Gasteiger partial charge >= 0.3 is 0 Å². The van der Waals surface area contributed by atoms with Crippen LogP contribution in [0.1, 0.15) is 6.42 Å². The van der Waals surface area contributed by atoms with Crippen molar-refractivity contribution < 1.29 is 54.7 Å². The Bertz CT molecular complexity index is 584. The van der Waals surface area contributed by atoms with Crippen LogP contribution >= 0.6 is 0 Å². The smallest absolute Gasteiger partial charge is 0.187 e. The fraction of sp³-hybridized carbons (Fsp3) is 1.00. The molecule has 3 rings (SSSR count). The number of hydrogen-bond donors (Lipinski definition) is 11. The molecule has 194 valence electrons. The van der Waals surface area contributed by atoms with E-state index in [-0.39, 0.29) is 13.0 Å². The second kappa shape index (κ2) is 11.0. The van der Waals surface area contributed by atoms with E-state index in [1.165, 1.54) is 0 Å². The molecule has 1 saturated carbocycles. The molecule has 15 nitrogen and oxygen atoms in total. The topological polar surface area (TPSA) is 283 Å². The molecule has 33 heavy (non-hydrogen) atoms.